The molecule has 76 valence electrons. The van der Waals surface area contributed by atoms with Gasteiger partial charge in [0, 0.05) is 13.2 Å². The Bertz CT molecular complexity index is 143. The highest BCUT2D eigenvalue weighted by atomic mass is 16.5. The number of hydrogen-bond acceptors (Lipinski definition) is 3. The maximum atomic E-state index is 10.1. The largest absolute Gasteiger partial charge is 0.480 e. The Morgan fingerprint density at radius 3 is 2.23 bits per heavy atom. The lowest BCUT2D eigenvalue weighted by atomic mass is 10.2. The van der Waals surface area contributed by atoms with Crippen molar-refractivity contribution in [2.75, 3.05) is 19.8 Å². The van der Waals surface area contributed by atoms with Gasteiger partial charge in [0.15, 0.2) is 0 Å². The predicted octanol–water partition coefficient (Wildman–Crippen LogP) is 0.620. The third-order valence-corrected chi connectivity index (χ3v) is 2.19. The first-order chi connectivity index (χ1) is 6.30. The third-order valence-electron chi connectivity index (χ3n) is 2.19. The van der Waals surface area contributed by atoms with Crippen LogP contribution in [0.2, 0.25) is 0 Å². The average molecular weight is 187 g/mol. The van der Waals surface area contributed by atoms with Gasteiger partial charge in [0.1, 0.15) is 6.04 Å². The SMILES string of the molecule is C1CCOC1.O=C(O)C1CCCN1. The van der Waals surface area contributed by atoms with Gasteiger partial charge in [-0.3, -0.25) is 4.79 Å². The van der Waals surface area contributed by atoms with Crippen molar-refractivity contribution < 1.29 is 14.6 Å². The molecule has 2 aliphatic heterocycles. The fraction of sp³-hybridized carbons (Fsp3) is 0.889. The van der Waals surface area contributed by atoms with Crippen molar-refractivity contribution in [1.82, 2.24) is 5.32 Å². The van der Waals surface area contributed by atoms with Crippen molar-refractivity contribution in [2.45, 2.75) is 31.7 Å². The van der Waals surface area contributed by atoms with E-state index in [-0.39, 0.29) is 6.04 Å². The number of carbonyl (C=O) groups is 1. The molecule has 0 aromatic rings. The normalized spacial score (nSPS) is 26.6. The van der Waals surface area contributed by atoms with Gasteiger partial charge >= 0.3 is 5.97 Å². The fourth-order valence-corrected chi connectivity index (χ4v) is 1.41. The van der Waals surface area contributed by atoms with Crippen molar-refractivity contribution in [3.05, 3.63) is 0 Å². The van der Waals surface area contributed by atoms with Crippen LogP contribution in [0.15, 0.2) is 0 Å². The van der Waals surface area contributed by atoms with E-state index in [1.165, 1.54) is 12.8 Å². The maximum Gasteiger partial charge on any atom is 0.320 e. The molecule has 4 heteroatoms. The summed E-state index contributed by atoms with van der Waals surface area (Å²) >= 11 is 0. The Kier molecular flexibility index (Phi) is 4.78. The zero-order valence-corrected chi connectivity index (χ0v) is 7.79. The summed E-state index contributed by atoms with van der Waals surface area (Å²) in [6, 6.07) is -0.269. The van der Waals surface area contributed by atoms with Crippen LogP contribution in [-0.4, -0.2) is 36.9 Å². The van der Waals surface area contributed by atoms with E-state index < -0.39 is 5.97 Å². The second-order valence-electron chi connectivity index (χ2n) is 3.31. The van der Waals surface area contributed by atoms with Crippen LogP contribution in [0.3, 0.4) is 0 Å². The summed E-state index contributed by atoms with van der Waals surface area (Å²) in [6.45, 7) is 2.86. The van der Waals surface area contributed by atoms with E-state index in [2.05, 4.69) is 5.32 Å². The Balaban J connectivity index is 0.000000145. The van der Waals surface area contributed by atoms with Crippen molar-refractivity contribution in [3.8, 4) is 0 Å². The number of nitrogens with one attached hydrogen (secondary N) is 1. The van der Waals surface area contributed by atoms with Crippen molar-refractivity contribution in [1.29, 1.82) is 0 Å². The maximum absolute atomic E-state index is 10.1. The van der Waals surface area contributed by atoms with Gasteiger partial charge in [-0.1, -0.05) is 0 Å². The molecule has 4 nitrogen and oxygen atoms in total. The summed E-state index contributed by atoms with van der Waals surface area (Å²) in [7, 11) is 0. The van der Waals surface area contributed by atoms with E-state index in [1.54, 1.807) is 0 Å². The number of ether oxygens (including phenoxy) is 1. The second-order valence-corrected chi connectivity index (χ2v) is 3.31. The fourth-order valence-electron chi connectivity index (χ4n) is 1.41. The molecule has 0 aliphatic carbocycles. The monoisotopic (exact) mass is 187 g/mol. The van der Waals surface area contributed by atoms with E-state index >= 15 is 0 Å². The highest BCUT2D eigenvalue weighted by Gasteiger charge is 2.20. The molecule has 2 heterocycles. The summed E-state index contributed by atoms with van der Waals surface area (Å²) in [5.74, 6) is -0.720. The van der Waals surface area contributed by atoms with Crippen molar-refractivity contribution in [3.63, 3.8) is 0 Å². The van der Waals surface area contributed by atoms with E-state index in [0.717, 1.165) is 32.6 Å². The molecule has 0 radical (unpaired) electrons. The number of hydrogen-bond donors (Lipinski definition) is 2. The Labute approximate surface area is 78.3 Å². The van der Waals surface area contributed by atoms with Gasteiger partial charge in [-0.15, -0.1) is 0 Å². The third kappa shape index (κ3) is 4.24. The van der Waals surface area contributed by atoms with Gasteiger partial charge in [-0.05, 0) is 32.2 Å². The first-order valence-electron chi connectivity index (χ1n) is 4.84. The number of carboxylic acids is 1. The number of rotatable bonds is 1. The molecule has 2 saturated heterocycles. The summed E-state index contributed by atoms with van der Waals surface area (Å²) in [5, 5.41) is 11.2. The van der Waals surface area contributed by atoms with Gasteiger partial charge in [0.25, 0.3) is 0 Å². The Hall–Kier alpha value is -0.610. The molecule has 0 aromatic carbocycles. The molecule has 2 rings (SSSR count). The lowest BCUT2D eigenvalue weighted by molar-refractivity contribution is -0.139. The Morgan fingerprint density at radius 2 is 2.00 bits per heavy atom. The van der Waals surface area contributed by atoms with Gasteiger partial charge in [0.2, 0.25) is 0 Å². The summed E-state index contributed by atoms with van der Waals surface area (Å²) < 4.78 is 4.94. The van der Waals surface area contributed by atoms with Gasteiger partial charge < -0.3 is 15.2 Å². The molecular weight excluding hydrogens is 170 g/mol. The van der Waals surface area contributed by atoms with E-state index in [9.17, 15) is 4.79 Å². The molecule has 0 aromatic heterocycles. The highest BCUT2D eigenvalue weighted by Crippen LogP contribution is 2.03. The van der Waals surface area contributed by atoms with Gasteiger partial charge in [0.05, 0.1) is 0 Å². The molecule has 2 fully saturated rings. The molecule has 2 N–H and O–H groups in total. The summed E-state index contributed by atoms with van der Waals surface area (Å²) in [6.07, 6.45) is 4.34. The highest BCUT2D eigenvalue weighted by molar-refractivity contribution is 5.73. The zero-order chi connectivity index (χ0) is 9.52. The molecule has 0 amide bonds. The first-order valence-corrected chi connectivity index (χ1v) is 4.84. The van der Waals surface area contributed by atoms with Crippen LogP contribution in [0.5, 0.6) is 0 Å². The summed E-state index contributed by atoms with van der Waals surface area (Å²) in [5.41, 5.74) is 0. The van der Waals surface area contributed by atoms with Gasteiger partial charge in [-0.2, -0.15) is 0 Å². The molecule has 0 bridgehead atoms. The van der Waals surface area contributed by atoms with E-state index in [0.29, 0.717) is 0 Å². The van der Waals surface area contributed by atoms with E-state index in [1.807, 2.05) is 0 Å². The molecule has 1 atom stereocenters. The minimum atomic E-state index is -0.720. The first kappa shape index (κ1) is 10.5. The van der Waals surface area contributed by atoms with Gasteiger partial charge in [-0.25, -0.2) is 0 Å². The zero-order valence-electron chi connectivity index (χ0n) is 7.79. The van der Waals surface area contributed by atoms with Crippen LogP contribution in [0.4, 0.5) is 0 Å². The van der Waals surface area contributed by atoms with Crippen LogP contribution in [0.1, 0.15) is 25.7 Å². The van der Waals surface area contributed by atoms with Crippen molar-refractivity contribution >= 4 is 5.97 Å². The number of aliphatic carboxylic acids is 1. The predicted molar refractivity (Wildman–Crippen MR) is 48.7 cm³/mol. The lowest BCUT2D eigenvalue weighted by Gasteiger charge is -1.99. The van der Waals surface area contributed by atoms with Crippen LogP contribution < -0.4 is 5.32 Å². The topological polar surface area (TPSA) is 58.6 Å². The van der Waals surface area contributed by atoms with Crippen LogP contribution in [0, 0.1) is 0 Å². The van der Waals surface area contributed by atoms with Crippen LogP contribution >= 0.6 is 0 Å². The van der Waals surface area contributed by atoms with Crippen LogP contribution in [-0.2, 0) is 9.53 Å². The quantitative estimate of drug-likeness (QED) is 0.631. The second kappa shape index (κ2) is 5.94. The molecule has 2 aliphatic rings. The molecule has 0 spiro atoms. The van der Waals surface area contributed by atoms with Crippen LogP contribution in [0.25, 0.3) is 0 Å². The minimum absolute atomic E-state index is 0.269. The lowest BCUT2D eigenvalue weighted by Crippen LogP contribution is -2.29. The number of carboxylic acid groups (broad SMARTS) is 1. The Morgan fingerprint density at radius 1 is 1.31 bits per heavy atom. The minimum Gasteiger partial charge on any atom is -0.480 e. The van der Waals surface area contributed by atoms with Crippen molar-refractivity contribution in [2.24, 2.45) is 0 Å². The van der Waals surface area contributed by atoms with E-state index in [4.69, 9.17) is 9.84 Å². The molecule has 0 saturated carbocycles. The molecular formula is C9H17NO3. The average Bonchev–Trinajstić information content (AvgIpc) is 2.82. The summed E-state index contributed by atoms with van der Waals surface area (Å²) in [4.78, 5) is 10.1. The molecule has 13 heavy (non-hydrogen) atoms. The molecule has 1 unspecified atom stereocenters. The standard InChI is InChI=1S/C5H9NO2.C4H8O/c7-5(8)4-2-1-3-6-4;1-2-4-5-3-1/h4,6H,1-3H2,(H,7,8);1-4H2. The smallest absolute Gasteiger partial charge is 0.320 e.